The van der Waals surface area contributed by atoms with Crippen LogP contribution in [0.25, 0.3) is 0 Å². The Bertz CT molecular complexity index is 417. The zero-order valence-electron chi connectivity index (χ0n) is 8.52. The average molecular weight is 188 g/mol. The fraction of sp³-hybridized carbons (Fsp3) is 0.385. The maximum atomic E-state index is 13.5. The molecule has 1 aliphatic carbocycles. The molecule has 1 aromatic rings. The SMILES string of the molecule is Cc1cccc(C#CC2(C)CC2)c1F. The van der Waals surface area contributed by atoms with Crippen LogP contribution in [0.15, 0.2) is 18.2 Å². The molecule has 1 aromatic carbocycles. The van der Waals surface area contributed by atoms with E-state index in [-0.39, 0.29) is 11.2 Å². The van der Waals surface area contributed by atoms with Crippen molar-refractivity contribution in [2.75, 3.05) is 0 Å². The lowest BCUT2D eigenvalue weighted by Gasteiger charge is -1.98. The molecular formula is C13H13F. The normalized spacial score (nSPS) is 17.1. The topological polar surface area (TPSA) is 0 Å². The molecule has 0 nitrogen and oxygen atoms in total. The van der Waals surface area contributed by atoms with Gasteiger partial charge in [-0.15, -0.1) is 0 Å². The first-order valence-electron chi connectivity index (χ1n) is 4.89. The van der Waals surface area contributed by atoms with Crippen molar-refractivity contribution in [2.24, 2.45) is 5.41 Å². The second kappa shape index (κ2) is 3.13. The third kappa shape index (κ3) is 1.80. The molecule has 0 unspecified atom stereocenters. The quantitative estimate of drug-likeness (QED) is 0.548. The van der Waals surface area contributed by atoms with Crippen LogP contribution < -0.4 is 0 Å². The number of halogens is 1. The Morgan fingerprint density at radius 2 is 2.07 bits per heavy atom. The second-order valence-corrected chi connectivity index (χ2v) is 4.25. The number of benzene rings is 1. The van der Waals surface area contributed by atoms with Gasteiger partial charge in [0.25, 0.3) is 0 Å². The van der Waals surface area contributed by atoms with E-state index < -0.39 is 0 Å². The maximum absolute atomic E-state index is 13.5. The number of hydrogen-bond donors (Lipinski definition) is 0. The van der Waals surface area contributed by atoms with Crippen LogP contribution in [-0.2, 0) is 0 Å². The van der Waals surface area contributed by atoms with E-state index in [0.29, 0.717) is 11.1 Å². The molecule has 1 aliphatic rings. The largest absolute Gasteiger partial charge is 0.205 e. The molecule has 72 valence electrons. The summed E-state index contributed by atoms with van der Waals surface area (Å²) in [5.41, 5.74) is 1.35. The number of aryl methyl sites for hydroxylation is 1. The summed E-state index contributed by atoms with van der Waals surface area (Å²) in [6, 6.07) is 5.35. The molecule has 0 N–H and O–H groups in total. The summed E-state index contributed by atoms with van der Waals surface area (Å²) < 4.78 is 13.5. The van der Waals surface area contributed by atoms with Crippen LogP contribution >= 0.6 is 0 Å². The Morgan fingerprint density at radius 1 is 1.36 bits per heavy atom. The fourth-order valence-electron chi connectivity index (χ4n) is 1.27. The van der Waals surface area contributed by atoms with E-state index in [1.807, 2.05) is 6.07 Å². The summed E-state index contributed by atoms with van der Waals surface area (Å²) in [5, 5.41) is 0. The second-order valence-electron chi connectivity index (χ2n) is 4.25. The van der Waals surface area contributed by atoms with Crippen molar-refractivity contribution in [1.82, 2.24) is 0 Å². The fourth-order valence-corrected chi connectivity index (χ4v) is 1.27. The molecule has 0 aliphatic heterocycles. The molecule has 1 saturated carbocycles. The molecular weight excluding hydrogens is 175 g/mol. The highest BCUT2D eigenvalue weighted by atomic mass is 19.1. The van der Waals surface area contributed by atoms with E-state index in [1.54, 1.807) is 19.1 Å². The highest BCUT2D eigenvalue weighted by molar-refractivity contribution is 5.40. The zero-order valence-corrected chi connectivity index (χ0v) is 8.52. The molecule has 0 bridgehead atoms. The van der Waals surface area contributed by atoms with Crippen molar-refractivity contribution in [3.63, 3.8) is 0 Å². The van der Waals surface area contributed by atoms with Gasteiger partial charge in [-0.05, 0) is 38.3 Å². The zero-order chi connectivity index (χ0) is 10.2. The molecule has 0 spiro atoms. The Kier molecular flexibility index (Phi) is 2.07. The molecule has 1 fully saturated rings. The van der Waals surface area contributed by atoms with Crippen LogP contribution in [0.2, 0.25) is 0 Å². The van der Waals surface area contributed by atoms with Crippen LogP contribution in [0, 0.1) is 30.0 Å². The Balaban J connectivity index is 2.31. The lowest BCUT2D eigenvalue weighted by molar-refractivity contribution is 0.615. The first-order chi connectivity index (χ1) is 6.61. The predicted octanol–water partition coefficient (Wildman–Crippen LogP) is 3.29. The van der Waals surface area contributed by atoms with Gasteiger partial charge in [0, 0.05) is 5.41 Å². The lowest BCUT2D eigenvalue weighted by Crippen LogP contribution is -1.90. The van der Waals surface area contributed by atoms with Crippen LogP contribution in [0.3, 0.4) is 0 Å². The van der Waals surface area contributed by atoms with Gasteiger partial charge in [0.05, 0.1) is 5.56 Å². The maximum Gasteiger partial charge on any atom is 0.141 e. The van der Waals surface area contributed by atoms with E-state index in [9.17, 15) is 4.39 Å². The van der Waals surface area contributed by atoms with Crippen LogP contribution in [-0.4, -0.2) is 0 Å². The Hall–Kier alpha value is -1.29. The van der Waals surface area contributed by atoms with E-state index in [4.69, 9.17) is 0 Å². The first-order valence-corrected chi connectivity index (χ1v) is 4.89. The molecule has 0 atom stereocenters. The van der Waals surface area contributed by atoms with Gasteiger partial charge >= 0.3 is 0 Å². The van der Waals surface area contributed by atoms with Crippen LogP contribution in [0.4, 0.5) is 4.39 Å². The van der Waals surface area contributed by atoms with Gasteiger partial charge in [0.1, 0.15) is 5.82 Å². The molecule has 1 heteroatoms. The van der Waals surface area contributed by atoms with Gasteiger partial charge in [0.15, 0.2) is 0 Å². The van der Waals surface area contributed by atoms with E-state index >= 15 is 0 Å². The van der Waals surface area contributed by atoms with Gasteiger partial charge in [-0.3, -0.25) is 0 Å². The first kappa shape index (κ1) is 9.27. The van der Waals surface area contributed by atoms with Crippen molar-refractivity contribution in [1.29, 1.82) is 0 Å². The predicted molar refractivity (Wildman–Crippen MR) is 55.4 cm³/mol. The molecule has 0 saturated heterocycles. The van der Waals surface area contributed by atoms with Crippen LogP contribution in [0.1, 0.15) is 30.9 Å². The summed E-state index contributed by atoms with van der Waals surface area (Å²) in [7, 11) is 0. The smallest absolute Gasteiger partial charge is 0.141 e. The Labute approximate surface area is 84.1 Å². The minimum Gasteiger partial charge on any atom is -0.205 e. The number of rotatable bonds is 0. The standard InChI is InChI=1S/C13H13F/c1-10-4-3-5-11(12(10)14)6-7-13(2)8-9-13/h3-5H,8-9H2,1-2H3. The molecule has 0 heterocycles. The van der Waals surface area contributed by atoms with Gasteiger partial charge in [-0.25, -0.2) is 4.39 Å². The van der Waals surface area contributed by atoms with Crippen molar-refractivity contribution in [2.45, 2.75) is 26.7 Å². The lowest BCUT2D eigenvalue weighted by atomic mass is 10.1. The molecule has 0 aromatic heterocycles. The van der Waals surface area contributed by atoms with E-state index in [1.165, 1.54) is 0 Å². The third-order valence-corrected chi connectivity index (χ3v) is 2.69. The summed E-state index contributed by atoms with van der Waals surface area (Å²) in [5.74, 6) is 5.88. The van der Waals surface area contributed by atoms with Crippen molar-refractivity contribution in [3.8, 4) is 11.8 Å². The van der Waals surface area contributed by atoms with E-state index in [2.05, 4.69) is 18.8 Å². The summed E-state index contributed by atoms with van der Waals surface area (Å²) >= 11 is 0. The highest BCUT2D eigenvalue weighted by Gasteiger charge is 2.35. The van der Waals surface area contributed by atoms with E-state index in [0.717, 1.165) is 12.8 Å². The summed E-state index contributed by atoms with van der Waals surface area (Å²) in [6.07, 6.45) is 2.29. The third-order valence-electron chi connectivity index (χ3n) is 2.69. The van der Waals surface area contributed by atoms with Crippen LogP contribution in [0.5, 0.6) is 0 Å². The summed E-state index contributed by atoms with van der Waals surface area (Å²) in [6.45, 7) is 3.88. The average Bonchev–Trinajstić information content (AvgIpc) is 2.88. The monoisotopic (exact) mass is 188 g/mol. The number of hydrogen-bond acceptors (Lipinski definition) is 0. The minimum atomic E-state index is -0.177. The highest BCUT2D eigenvalue weighted by Crippen LogP contribution is 2.44. The molecule has 2 rings (SSSR count). The van der Waals surface area contributed by atoms with Crippen molar-refractivity contribution >= 4 is 0 Å². The molecule has 0 amide bonds. The molecule has 14 heavy (non-hydrogen) atoms. The minimum absolute atomic E-state index is 0.163. The van der Waals surface area contributed by atoms with Gasteiger partial charge in [0.2, 0.25) is 0 Å². The van der Waals surface area contributed by atoms with Crippen molar-refractivity contribution < 1.29 is 4.39 Å². The molecule has 0 radical (unpaired) electrons. The van der Waals surface area contributed by atoms with Gasteiger partial charge in [-0.1, -0.05) is 24.0 Å². The Morgan fingerprint density at radius 3 is 2.71 bits per heavy atom. The van der Waals surface area contributed by atoms with Gasteiger partial charge in [-0.2, -0.15) is 0 Å². The van der Waals surface area contributed by atoms with Gasteiger partial charge < -0.3 is 0 Å². The summed E-state index contributed by atoms with van der Waals surface area (Å²) in [4.78, 5) is 0. The van der Waals surface area contributed by atoms with Crippen molar-refractivity contribution in [3.05, 3.63) is 35.1 Å².